The number of carboxylic acid groups (broad SMARTS) is 1. The van der Waals surface area contributed by atoms with Crippen molar-refractivity contribution in [3.05, 3.63) is 27.3 Å². The van der Waals surface area contributed by atoms with Crippen LogP contribution in [0.5, 0.6) is 0 Å². The lowest BCUT2D eigenvalue weighted by atomic mass is 10.2. The third kappa shape index (κ3) is 2.51. The average Bonchev–Trinajstić information content (AvgIpc) is 2.19. The molecule has 0 aromatic heterocycles. The summed E-state index contributed by atoms with van der Waals surface area (Å²) < 4.78 is 0. The van der Waals surface area contributed by atoms with E-state index in [1.165, 1.54) is 13.1 Å². The van der Waals surface area contributed by atoms with E-state index in [4.69, 9.17) is 16.7 Å². The van der Waals surface area contributed by atoms with E-state index in [0.717, 1.165) is 6.07 Å². The third-order valence-electron chi connectivity index (χ3n) is 1.79. The van der Waals surface area contributed by atoms with Crippen molar-refractivity contribution in [3.63, 3.8) is 0 Å². The fraction of sp³-hybridized carbons (Fsp3) is 0.125. The van der Waals surface area contributed by atoms with Crippen LogP contribution in [-0.4, -0.2) is 23.2 Å². The van der Waals surface area contributed by atoms with Crippen LogP contribution in [0.4, 0.5) is 21.9 Å². The zero-order chi connectivity index (χ0) is 12.3. The van der Waals surface area contributed by atoms with Crippen molar-refractivity contribution < 1.29 is 14.8 Å². The summed E-state index contributed by atoms with van der Waals surface area (Å²) in [4.78, 5) is 20.4. The molecule has 1 aromatic rings. The van der Waals surface area contributed by atoms with Gasteiger partial charge in [0.1, 0.15) is 5.69 Å². The molecule has 0 saturated carbocycles. The number of nitrogens with zero attached hydrogens (tertiary/aromatic N) is 1. The maximum Gasteiger partial charge on any atom is 0.409 e. The summed E-state index contributed by atoms with van der Waals surface area (Å²) in [6, 6.07) is 2.34. The van der Waals surface area contributed by atoms with Gasteiger partial charge in [-0.2, -0.15) is 0 Å². The van der Waals surface area contributed by atoms with E-state index in [9.17, 15) is 14.9 Å². The molecule has 1 amide bonds. The van der Waals surface area contributed by atoms with Crippen LogP contribution < -0.4 is 10.6 Å². The largest absolute Gasteiger partial charge is 0.465 e. The first-order valence-electron chi connectivity index (χ1n) is 4.11. The Morgan fingerprint density at radius 3 is 2.56 bits per heavy atom. The Morgan fingerprint density at radius 1 is 1.50 bits per heavy atom. The van der Waals surface area contributed by atoms with Gasteiger partial charge in [-0.25, -0.2) is 4.79 Å². The minimum atomic E-state index is -1.29. The lowest BCUT2D eigenvalue weighted by Gasteiger charge is -2.07. The van der Waals surface area contributed by atoms with E-state index < -0.39 is 11.0 Å². The number of nitro groups is 1. The number of carbonyl (C=O) groups is 1. The number of halogens is 1. The number of hydrogen-bond acceptors (Lipinski definition) is 4. The van der Waals surface area contributed by atoms with E-state index in [0.29, 0.717) is 0 Å². The predicted octanol–water partition coefficient (Wildman–Crippen LogP) is 2.38. The predicted molar refractivity (Wildman–Crippen MR) is 59.3 cm³/mol. The maximum atomic E-state index is 10.6. The molecule has 0 radical (unpaired) electrons. The van der Waals surface area contributed by atoms with Gasteiger partial charge in [0, 0.05) is 13.1 Å². The van der Waals surface area contributed by atoms with Crippen molar-refractivity contribution in [2.24, 2.45) is 0 Å². The first-order valence-corrected chi connectivity index (χ1v) is 4.49. The van der Waals surface area contributed by atoms with E-state index in [1.54, 1.807) is 0 Å². The summed E-state index contributed by atoms with van der Waals surface area (Å²) in [6.07, 6.45) is -1.29. The standard InChI is InChI=1S/C8H8ClN3O4/c1-10-6-3-5(11-8(13)14)4(9)2-7(6)12(15)16/h2-3,10-11H,1H3,(H,13,14). The minimum Gasteiger partial charge on any atom is -0.465 e. The molecule has 1 aromatic carbocycles. The Bertz CT molecular complexity index is 449. The van der Waals surface area contributed by atoms with Gasteiger partial charge in [0.2, 0.25) is 0 Å². The molecule has 1 rings (SSSR count). The summed E-state index contributed by atoms with van der Waals surface area (Å²) in [6.45, 7) is 0. The first-order chi connectivity index (χ1) is 7.45. The zero-order valence-electron chi connectivity index (χ0n) is 8.15. The second-order valence-corrected chi connectivity index (χ2v) is 3.19. The molecule has 0 aliphatic heterocycles. The lowest BCUT2D eigenvalue weighted by Crippen LogP contribution is -2.08. The Morgan fingerprint density at radius 2 is 2.12 bits per heavy atom. The lowest BCUT2D eigenvalue weighted by molar-refractivity contribution is -0.383. The highest BCUT2D eigenvalue weighted by molar-refractivity contribution is 6.34. The molecule has 0 saturated heterocycles. The summed E-state index contributed by atoms with van der Waals surface area (Å²) in [5.41, 5.74) is 0.0469. The molecule has 7 nitrogen and oxygen atoms in total. The zero-order valence-corrected chi connectivity index (χ0v) is 8.91. The van der Waals surface area contributed by atoms with Crippen molar-refractivity contribution in [2.45, 2.75) is 0 Å². The monoisotopic (exact) mass is 245 g/mol. The van der Waals surface area contributed by atoms with E-state index in [1.807, 2.05) is 5.32 Å². The molecule has 0 bridgehead atoms. The molecule has 0 spiro atoms. The summed E-state index contributed by atoms with van der Waals surface area (Å²) >= 11 is 5.69. The molecule has 0 heterocycles. The average molecular weight is 246 g/mol. The summed E-state index contributed by atoms with van der Waals surface area (Å²) in [7, 11) is 1.49. The molecule has 0 atom stereocenters. The minimum absolute atomic E-state index is 0.0342. The van der Waals surface area contributed by atoms with Gasteiger partial charge in [0.25, 0.3) is 5.69 Å². The fourth-order valence-corrected chi connectivity index (χ4v) is 1.33. The van der Waals surface area contributed by atoms with E-state index in [2.05, 4.69) is 5.32 Å². The smallest absolute Gasteiger partial charge is 0.409 e. The van der Waals surface area contributed by atoms with Crippen LogP contribution in [-0.2, 0) is 0 Å². The van der Waals surface area contributed by atoms with Crippen LogP contribution in [0.1, 0.15) is 0 Å². The molecule has 0 fully saturated rings. The summed E-state index contributed by atoms with van der Waals surface area (Å²) in [5.74, 6) is 0. The molecule has 0 aliphatic rings. The van der Waals surface area contributed by atoms with Crippen molar-refractivity contribution >= 4 is 34.8 Å². The number of amides is 1. The second-order valence-electron chi connectivity index (χ2n) is 2.79. The quantitative estimate of drug-likeness (QED) is 0.560. The molecular weight excluding hydrogens is 238 g/mol. The van der Waals surface area contributed by atoms with Crippen LogP contribution >= 0.6 is 11.6 Å². The fourth-order valence-electron chi connectivity index (χ4n) is 1.13. The Kier molecular flexibility index (Phi) is 3.51. The summed E-state index contributed by atoms with van der Waals surface area (Å²) in [5, 5.41) is 23.7. The molecule has 0 aliphatic carbocycles. The van der Waals surface area contributed by atoms with Gasteiger partial charge >= 0.3 is 6.09 Å². The van der Waals surface area contributed by atoms with Gasteiger partial charge in [-0.05, 0) is 6.07 Å². The van der Waals surface area contributed by atoms with Crippen molar-refractivity contribution in [3.8, 4) is 0 Å². The Balaban J connectivity index is 3.25. The highest BCUT2D eigenvalue weighted by Crippen LogP contribution is 2.33. The Hall–Kier alpha value is -2.02. The molecule has 3 N–H and O–H groups in total. The highest BCUT2D eigenvalue weighted by Gasteiger charge is 2.17. The maximum absolute atomic E-state index is 10.6. The van der Waals surface area contributed by atoms with Crippen molar-refractivity contribution in [1.82, 2.24) is 0 Å². The van der Waals surface area contributed by atoms with Crippen LogP contribution in [0.3, 0.4) is 0 Å². The normalized spacial score (nSPS) is 9.62. The SMILES string of the molecule is CNc1cc(NC(=O)O)c(Cl)cc1[N+](=O)[O-]. The van der Waals surface area contributed by atoms with Gasteiger partial charge < -0.3 is 10.4 Å². The number of nitrogens with one attached hydrogen (secondary N) is 2. The molecule has 16 heavy (non-hydrogen) atoms. The van der Waals surface area contributed by atoms with Gasteiger partial charge in [-0.15, -0.1) is 0 Å². The highest BCUT2D eigenvalue weighted by atomic mass is 35.5. The van der Waals surface area contributed by atoms with E-state index in [-0.39, 0.29) is 22.1 Å². The third-order valence-corrected chi connectivity index (χ3v) is 2.11. The van der Waals surface area contributed by atoms with Gasteiger partial charge in [-0.1, -0.05) is 11.6 Å². The topological polar surface area (TPSA) is 104 Å². The van der Waals surface area contributed by atoms with Crippen LogP contribution in [0, 0.1) is 10.1 Å². The Labute approximate surface area is 95.2 Å². The molecule has 8 heteroatoms. The number of nitro benzene ring substituents is 1. The van der Waals surface area contributed by atoms with Gasteiger partial charge in [0.05, 0.1) is 15.6 Å². The van der Waals surface area contributed by atoms with Crippen molar-refractivity contribution in [2.75, 3.05) is 17.7 Å². The van der Waals surface area contributed by atoms with Crippen LogP contribution in [0.2, 0.25) is 5.02 Å². The molecular formula is C8H8ClN3O4. The van der Waals surface area contributed by atoms with Crippen molar-refractivity contribution in [1.29, 1.82) is 0 Å². The first kappa shape index (κ1) is 12.1. The van der Waals surface area contributed by atoms with Gasteiger partial charge in [-0.3, -0.25) is 15.4 Å². The molecule has 86 valence electrons. The number of benzene rings is 1. The molecule has 0 unspecified atom stereocenters. The van der Waals surface area contributed by atoms with Crippen LogP contribution in [0.25, 0.3) is 0 Å². The number of rotatable bonds is 3. The van der Waals surface area contributed by atoms with E-state index >= 15 is 0 Å². The number of anilines is 2. The number of hydrogen-bond donors (Lipinski definition) is 3. The van der Waals surface area contributed by atoms with Crippen LogP contribution in [0.15, 0.2) is 12.1 Å². The van der Waals surface area contributed by atoms with Gasteiger partial charge in [0.15, 0.2) is 0 Å². The second kappa shape index (κ2) is 4.67.